The summed E-state index contributed by atoms with van der Waals surface area (Å²) in [6.45, 7) is 3.92. The fourth-order valence-electron chi connectivity index (χ4n) is 2.61. The minimum atomic E-state index is 0.0451. The Morgan fingerprint density at radius 2 is 1.96 bits per heavy atom. The highest BCUT2D eigenvalue weighted by molar-refractivity contribution is 7.71. The molecule has 0 spiro atoms. The van der Waals surface area contributed by atoms with Gasteiger partial charge in [0.05, 0.1) is 0 Å². The van der Waals surface area contributed by atoms with E-state index in [1.807, 2.05) is 44.2 Å². The maximum atomic E-state index is 11.3. The average molecular weight is 340 g/mol. The van der Waals surface area contributed by atoms with Crippen molar-refractivity contribution in [2.45, 2.75) is 19.8 Å². The normalized spacial score (nSPS) is 11.0. The summed E-state index contributed by atoms with van der Waals surface area (Å²) in [6.07, 6.45) is 0. The first-order valence-electron chi connectivity index (χ1n) is 7.46. The van der Waals surface area contributed by atoms with Gasteiger partial charge in [-0.15, -0.1) is 4.91 Å². The molecule has 0 saturated heterocycles. The molecule has 1 heterocycles. The van der Waals surface area contributed by atoms with E-state index in [1.54, 1.807) is 10.6 Å². The van der Waals surface area contributed by atoms with Gasteiger partial charge in [-0.3, -0.25) is 9.67 Å². The van der Waals surface area contributed by atoms with E-state index in [9.17, 15) is 10.0 Å². The molecule has 0 unspecified atom stereocenters. The number of phenolic OH excluding ortho intramolecular Hbond substituents is 1. The van der Waals surface area contributed by atoms with Gasteiger partial charge in [-0.25, -0.2) is 0 Å². The highest BCUT2D eigenvalue weighted by Crippen LogP contribution is 2.38. The Morgan fingerprint density at radius 3 is 2.58 bits per heavy atom. The molecule has 24 heavy (non-hydrogen) atoms. The molecular formula is C17H16N4O2S. The van der Waals surface area contributed by atoms with Crippen LogP contribution in [0.2, 0.25) is 0 Å². The van der Waals surface area contributed by atoms with E-state index >= 15 is 0 Å². The molecule has 7 heteroatoms. The lowest BCUT2D eigenvalue weighted by molar-refractivity contribution is 0.465. The monoisotopic (exact) mass is 340 g/mol. The van der Waals surface area contributed by atoms with Crippen molar-refractivity contribution in [2.24, 2.45) is 5.18 Å². The zero-order valence-corrected chi connectivity index (χ0v) is 14.0. The smallest absolute Gasteiger partial charge is 0.200 e. The Morgan fingerprint density at radius 1 is 1.25 bits per heavy atom. The number of H-pyrrole nitrogens is 1. The summed E-state index contributed by atoms with van der Waals surface area (Å²) in [5.74, 6) is 0.600. The summed E-state index contributed by atoms with van der Waals surface area (Å²) in [4.78, 5) is 11.3. The molecule has 2 aromatic carbocycles. The van der Waals surface area contributed by atoms with E-state index in [-0.39, 0.29) is 17.4 Å². The van der Waals surface area contributed by atoms with Crippen LogP contribution in [0.5, 0.6) is 5.75 Å². The Bertz CT molecular complexity index is 945. The molecule has 0 aliphatic heterocycles. The molecule has 0 bridgehead atoms. The van der Waals surface area contributed by atoms with Crippen LogP contribution < -0.4 is 0 Å². The number of aromatic nitrogens is 3. The topological polar surface area (TPSA) is 83.3 Å². The molecule has 0 saturated carbocycles. The second kappa shape index (κ2) is 6.37. The number of nitroso groups, excluding NO2 is 1. The van der Waals surface area contributed by atoms with Gasteiger partial charge >= 0.3 is 0 Å². The summed E-state index contributed by atoms with van der Waals surface area (Å²) in [6, 6.07) is 12.6. The van der Waals surface area contributed by atoms with E-state index in [4.69, 9.17) is 12.2 Å². The molecular weight excluding hydrogens is 324 g/mol. The van der Waals surface area contributed by atoms with Crippen molar-refractivity contribution in [3.63, 3.8) is 0 Å². The van der Waals surface area contributed by atoms with Gasteiger partial charge in [-0.1, -0.05) is 32.0 Å². The lowest BCUT2D eigenvalue weighted by atomic mass is 9.98. The van der Waals surface area contributed by atoms with Crippen molar-refractivity contribution in [2.75, 3.05) is 0 Å². The zero-order chi connectivity index (χ0) is 17.3. The van der Waals surface area contributed by atoms with Crippen LogP contribution in [0, 0.1) is 9.68 Å². The zero-order valence-electron chi connectivity index (χ0n) is 13.2. The third kappa shape index (κ3) is 2.74. The summed E-state index contributed by atoms with van der Waals surface area (Å²) in [5.41, 5.74) is 2.17. The summed E-state index contributed by atoms with van der Waals surface area (Å²) < 4.78 is 2.15. The van der Waals surface area contributed by atoms with Crippen LogP contribution >= 0.6 is 12.2 Å². The predicted molar refractivity (Wildman–Crippen MR) is 95.4 cm³/mol. The first-order chi connectivity index (χ1) is 11.5. The molecule has 1 aromatic heterocycles. The number of rotatable bonds is 4. The van der Waals surface area contributed by atoms with Crippen molar-refractivity contribution >= 4 is 17.9 Å². The molecule has 3 rings (SSSR count). The number of hydrogen-bond donors (Lipinski definition) is 2. The van der Waals surface area contributed by atoms with Crippen LogP contribution in [0.25, 0.3) is 17.1 Å². The molecule has 0 aliphatic rings. The van der Waals surface area contributed by atoms with E-state index in [0.717, 1.165) is 5.69 Å². The minimum absolute atomic E-state index is 0.0451. The number of para-hydroxylation sites is 1. The average Bonchev–Trinajstić information content (AvgIpc) is 2.96. The van der Waals surface area contributed by atoms with Crippen LogP contribution in [0.3, 0.4) is 0 Å². The first-order valence-corrected chi connectivity index (χ1v) is 7.87. The summed E-state index contributed by atoms with van der Waals surface area (Å²) >= 11 is 5.33. The van der Waals surface area contributed by atoms with Crippen LogP contribution in [-0.4, -0.2) is 19.9 Å². The van der Waals surface area contributed by atoms with Crippen LogP contribution in [0.15, 0.2) is 47.6 Å². The van der Waals surface area contributed by atoms with Gasteiger partial charge < -0.3 is 5.11 Å². The van der Waals surface area contributed by atoms with E-state index in [0.29, 0.717) is 21.7 Å². The van der Waals surface area contributed by atoms with Gasteiger partial charge in [0.2, 0.25) is 0 Å². The van der Waals surface area contributed by atoms with Crippen LogP contribution in [-0.2, 0) is 0 Å². The summed E-state index contributed by atoms with van der Waals surface area (Å²) in [7, 11) is 0. The largest absolute Gasteiger partial charge is 0.508 e. The second-order valence-electron chi connectivity index (χ2n) is 5.70. The van der Waals surface area contributed by atoms with E-state index < -0.39 is 0 Å². The van der Waals surface area contributed by atoms with Crippen molar-refractivity contribution in [1.29, 1.82) is 0 Å². The number of nitrogens with one attached hydrogen (secondary N) is 1. The standard InChI is InChI=1S/C17H16N4O2S/c1-10(2)12-8-13(14(20-23)9-15(12)22)16-18-19-17(24)21(16)11-6-4-3-5-7-11/h3-10,22H,1-2H3,(H,19,24). The van der Waals surface area contributed by atoms with Gasteiger partial charge in [0.1, 0.15) is 11.4 Å². The fourth-order valence-corrected chi connectivity index (χ4v) is 2.84. The molecule has 0 radical (unpaired) electrons. The fraction of sp³-hybridized carbons (Fsp3) is 0.176. The quantitative estimate of drug-likeness (QED) is 0.526. The Kier molecular flexibility index (Phi) is 4.26. The minimum Gasteiger partial charge on any atom is -0.508 e. The molecule has 0 amide bonds. The predicted octanol–water partition coefficient (Wildman–Crippen LogP) is 4.82. The molecule has 122 valence electrons. The lowest BCUT2D eigenvalue weighted by Crippen LogP contribution is -1.99. The lowest BCUT2D eigenvalue weighted by Gasteiger charge is -2.13. The highest BCUT2D eigenvalue weighted by atomic mass is 32.1. The number of phenols is 1. The van der Waals surface area contributed by atoms with Crippen LogP contribution in [0.4, 0.5) is 5.69 Å². The number of aromatic hydroxyl groups is 1. The Balaban J connectivity index is 2.30. The molecule has 6 nitrogen and oxygen atoms in total. The second-order valence-corrected chi connectivity index (χ2v) is 6.08. The van der Waals surface area contributed by atoms with Crippen molar-refractivity contribution in [3.05, 3.63) is 57.7 Å². The van der Waals surface area contributed by atoms with Gasteiger partial charge in [0.25, 0.3) is 0 Å². The third-order valence-corrected chi connectivity index (χ3v) is 4.07. The van der Waals surface area contributed by atoms with Crippen molar-refractivity contribution in [1.82, 2.24) is 14.8 Å². The maximum absolute atomic E-state index is 11.3. The highest BCUT2D eigenvalue weighted by Gasteiger charge is 2.19. The van der Waals surface area contributed by atoms with Crippen molar-refractivity contribution in [3.8, 4) is 22.8 Å². The molecule has 0 fully saturated rings. The molecule has 0 aliphatic carbocycles. The molecule has 3 aromatic rings. The van der Waals surface area contributed by atoms with E-state index in [1.165, 1.54) is 6.07 Å². The van der Waals surface area contributed by atoms with Gasteiger partial charge in [0.15, 0.2) is 10.6 Å². The Labute approximate surface area is 143 Å². The summed E-state index contributed by atoms with van der Waals surface area (Å²) in [5, 5.41) is 20.2. The SMILES string of the molecule is CC(C)c1cc(-c2n[nH]c(=S)n2-c2ccccc2)c(N=O)cc1O. The maximum Gasteiger partial charge on any atom is 0.200 e. The molecule has 2 N–H and O–H groups in total. The molecule has 0 atom stereocenters. The third-order valence-electron chi connectivity index (χ3n) is 3.79. The first kappa shape index (κ1) is 16.1. The van der Waals surface area contributed by atoms with Crippen LogP contribution in [0.1, 0.15) is 25.3 Å². The van der Waals surface area contributed by atoms with Gasteiger partial charge in [-0.05, 0) is 47.1 Å². The number of aromatic amines is 1. The van der Waals surface area contributed by atoms with Gasteiger partial charge in [-0.2, -0.15) is 5.10 Å². The van der Waals surface area contributed by atoms with Gasteiger partial charge in [0, 0.05) is 17.3 Å². The van der Waals surface area contributed by atoms with E-state index in [2.05, 4.69) is 15.4 Å². The van der Waals surface area contributed by atoms with Crippen molar-refractivity contribution < 1.29 is 5.11 Å². The number of nitrogens with zero attached hydrogens (tertiary/aromatic N) is 3. The Hall–Kier alpha value is -2.80. The number of benzene rings is 2. The number of hydrogen-bond acceptors (Lipinski definition) is 5.